The molecule has 3 aliphatic rings. The van der Waals surface area contributed by atoms with Crippen molar-refractivity contribution in [1.82, 2.24) is 4.90 Å². The van der Waals surface area contributed by atoms with Gasteiger partial charge in [0.05, 0.1) is 5.92 Å². The van der Waals surface area contributed by atoms with Gasteiger partial charge >= 0.3 is 0 Å². The quantitative estimate of drug-likeness (QED) is 0.554. The fourth-order valence-electron chi connectivity index (χ4n) is 2.21. The molecule has 0 aromatic heterocycles. The van der Waals surface area contributed by atoms with Crippen LogP contribution in [0.1, 0.15) is 12.8 Å². The van der Waals surface area contributed by atoms with E-state index in [1.165, 1.54) is 12.8 Å². The standard InChI is InChI=1S/C8H12N2O/c9-7-5-3-10(4-1-2-4)8(11)6(5)7/h4-7H,1-3,9H2. The number of fused-ring (bicyclic) bond motifs is 1. The first-order chi connectivity index (χ1) is 5.29. The molecule has 3 rings (SSSR count). The molecule has 3 unspecified atom stereocenters. The number of hydrogen-bond donors (Lipinski definition) is 1. The Labute approximate surface area is 65.5 Å². The molecule has 2 N–H and O–H groups in total. The van der Waals surface area contributed by atoms with E-state index in [-0.39, 0.29) is 12.0 Å². The number of likely N-dealkylation sites (tertiary alicyclic amines) is 1. The van der Waals surface area contributed by atoms with Crippen LogP contribution in [-0.4, -0.2) is 29.4 Å². The number of carbonyl (C=O) groups excluding carboxylic acids is 1. The first-order valence-electron chi connectivity index (χ1n) is 4.35. The molecule has 0 bridgehead atoms. The molecule has 3 fully saturated rings. The van der Waals surface area contributed by atoms with Gasteiger partial charge in [0.2, 0.25) is 5.91 Å². The van der Waals surface area contributed by atoms with E-state index in [9.17, 15) is 4.79 Å². The third kappa shape index (κ3) is 0.644. The molecule has 2 saturated carbocycles. The number of nitrogens with two attached hydrogens (primary N) is 1. The van der Waals surface area contributed by atoms with E-state index in [0.29, 0.717) is 17.9 Å². The van der Waals surface area contributed by atoms with Crippen LogP contribution in [0.3, 0.4) is 0 Å². The smallest absolute Gasteiger partial charge is 0.227 e. The van der Waals surface area contributed by atoms with E-state index in [0.717, 1.165) is 6.54 Å². The van der Waals surface area contributed by atoms with Crippen LogP contribution in [0.2, 0.25) is 0 Å². The molecular formula is C8H12N2O. The number of piperidine rings is 1. The van der Waals surface area contributed by atoms with Crippen LogP contribution in [0.15, 0.2) is 0 Å². The summed E-state index contributed by atoms with van der Waals surface area (Å²) in [5, 5.41) is 0. The molecule has 1 saturated heterocycles. The predicted octanol–water partition coefficient (Wildman–Crippen LogP) is -0.436. The minimum atomic E-state index is 0.206. The normalized spacial score (nSPS) is 47.9. The lowest BCUT2D eigenvalue weighted by Gasteiger charge is -2.17. The lowest BCUT2D eigenvalue weighted by atomic mass is 10.3. The van der Waals surface area contributed by atoms with E-state index in [1.807, 2.05) is 4.90 Å². The summed E-state index contributed by atoms with van der Waals surface area (Å²) in [6.45, 7) is 0.954. The summed E-state index contributed by atoms with van der Waals surface area (Å²) in [7, 11) is 0. The lowest BCUT2D eigenvalue weighted by Crippen LogP contribution is -2.34. The van der Waals surface area contributed by atoms with Crippen molar-refractivity contribution in [2.24, 2.45) is 17.6 Å². The second-order valence-electron chi connectivity index (χ2n) is 3.99. The average Bonchev–Trinajstić information content (AvgIpc) is 2.82. The first-order valence-corrected chi connectivity index (χ1v) is 4.35. The van der Waals surface area contributed by atoms with Crippen LogP contribution in [0.4, 0.5) is 0 Å². The third-order valence-electron chi connectivity index (χ3n) is 3.19. The van der Waals surface area contributed by atoms with Crippen LogP contribution < -0.4 is 5.73 Å². The summed E-state index contributed by atoms with van der Waals surface area (Å²) < 4.78 is 0. The molecule has 3 atom stereocenters. The maximum Gasteiger partial charge on any atom is 0.227 e. The minimum Gasteiger partial charge on any atom is -0.339 e. The molecule has 11 heavy (non-hydrogen) atoms. The van der Waals surface area contributed by atoms with Gasteiger partial charge in [0.1, 0.15) is 0 Å². The zero-order chi connectivity index (χ0) is 7.59. The van der Waals surface area contributed by atoms with Crippen LogP contribution in [0, 0.1) is 11.8 Å². The third-order valence-corrected chi connectivity index (χ3v) is 3.19. The number of rotatable bonds is 1. The van der Waals surface area contributed by atoms with Crippen molar-refractivity contribution in [1.29, 1.82) is 0 Å². The number of hydrogen-bond acceptors (Lipinski definition) is 2. The van der Waals surface area contributed by atoms with E-state index < -0.39 is 0 Å². The van der Waals surface area contributed by atoms with E-state index in [4.69, 9.17) is 5.73 Å². The molecule has 1 aliphatic heterocycles. The highest BCUT2D eigenvalue weighted by Gasteiger charge is 2.61. The monoisotopic (exact) mass is 152 g/mol. The van der Waals surface area contributed by atoms with Gasteiger partial charge in [-0.15, -0.1) is 0 Å². The molecule has 3 heteroatoms. The maximum absolute atomic E-state index is 11.5. The highest BCUT2D eigenvalue weighted by Crippen LogP contribution is 2.48. The average molecular weight is 152 g/mol. The predicted molar refractivity (Wildman–Crippen MR) is 39.7 cm³/mol. The van der Waals surface area contributed by atoms with Gasteiger partial charge in [0, 0.05) is 24.5 Å². The second-order valence-corrected chi connectivity index (χ2v) is 3.99. The highest BCUT2D eigenvalue weighted by atomic mass is 16.2. The van der Waals surface area contributed by atoms with Gasteiger partial charge in [0.15, 0.2) is 0 Å². The van der Waals surface area contributed by atoms with Gasteiger partial charge in [-0.2, -0.15) is 0 Å². The Morgan fingerprint density at radius 3 is 2.64 bits per heavy atom. The fraction of sp³-hybridized carbons (Fsp3) is 0.875. The van der Waals surface area contributed by atoms with Crippen molar-refractivity contribution in [2.75, 3.05) is 6.54 Å². The molecule has 1 heterocycles. The summed E-state index contributed by atoms with van der Waals surface area (Å²) in [4.78, 5) is 13.5. The van der Waals surface area contributed by atoms with Gasteiger partial charge in [0.25, 0.3) is 0 Å². The Bertz CT molecular complexity index is 224. The fourth-order valence-corrected chi connectivity index (χ4v) is 2.21. The summed E-state index contributed by atoms with van der Waals surface area (Å²) >= 11 is 0. The van der Waals surface area contributed by atoms with Crippen LogP contribution >= 0.6 is 0 Å². The molecule has 0 radical (unpaired) electrons. The minimum absolute atomic E-state index is 0.206. The SMILES string of the molecule is NC1C2CN(C3CC3)C(=O)C12. The zero-order valence-electron chi connectivity index (χ0n) is 6.36. The van der Waals surface area contributed by atoms with Crippen molar-refractivity contribution < 1.29 is 4.79 Å². The number of carbonyl (C=O) groups is 1. The van der Waals surface area contributed by atoms with Gasteiger partial charge in [-0.3, -0.25) is 4.79 Å². The second kappa shape index (κ2) is 1.61. The van der Waals surface area contributed by atoms with E-state index in [2.05, 4.69) is 0 Å². The Morgan fingerprint density at radius 2 is 2.18 bits per heavy atom. The van der Waals surface area contributed by atoms with Crippen molar-refractivity contribution in [3.63, 3.8) is 0 Å². The van der Waals surface area contributed by atoms with Crippen molar-refractivity contribution in [3.05, 3.63) is 0 Å². The molecule has 1 amide bonds. The van der Waals surface area contributed by atoms with Gasteiger partial charge in [-0.1, -0.05) is 0 Å². The van der Waals surface area contributed by atoms with Crippen LogP contribution in [0.5, 0.6) is 0 Å². The molecule has 2 aliphatic carbocycles. The molecular weight excluding hydrogens is 140 g/mol. The lowest BCUT2D eigenvalue weighted by molar-refractivity contribution is -0.130. The summed E-state index contributed by atoms with van der Waals surface area (Å²) in [5.41, 5.74) is 5.70. The summed E-state index contributed by atoms with van der Waals surface area (Å²) in [5.74, 6) is 1.07. The topological polar surface area (TPSA) is 46.3 Å². The van der Waals surface area contributed by atoms with Gasteiger partial charge < -0.3 is 10.6 Å². The number of amides is 1. The van der Waals surface area contributed by atoms with Crippen molar-refractivity contribution in [3.8, 4) is 0 Å². The summed E-state index contributed by atoms with van der Waals surface area (Å²) in [6, 6.07) is 0.806. The van der Waals surface area contributed by atoms with Crippen LogP contribution in [0.25, 0.3) is 0 Å². The number of nitrogens with zero attached hydrogens (tertiary/aromatic N) is 1. The molecule has 0 aromatic rings. The Hall–Kier alpha value is -0.570. The Morgan fingerprint density at radius 1 is 1.45 bits per heavy atom. The molecule has 0 spiro atoms. The highest BCUT2D eigenvalue weighted by molar-refractivity contribution is 5.86. The Balaban J connectivity index is 1.78. The van der Waals surface area contributed by atoms with Gasteiger partial charge in [-0.05, 0) is 12.8 Å². The largest absolute Gasteiger partial charge is 0.339 e. The van der Waals surface area contributed by atoms with Crippen LogP contribution in [-0.2, 0) is 4.79 Å². The summed E-state index contributed by atoms with van der Waals surface area (Å²) in [6.07, 6.45) is 2.45. The zero-order valence-corrected chi connectivity index (χ0v) is 6.36. The van der Waals surface area contributed by atoms with Crippen molar-refractivity contribution >= 4 is 5.91 Å². The van der Waals surface area contributed by atoms with Gasteiger partial charge in [-0.25, -0.2) is 0 Å². The molecule has 60 valence electrons. The van der Waals surface area contributed by atoms with E-state index >= 15 is 0 Å². The Kier molecular flexibility index (Phi) is 0.876. The van der Waals surface area contributed by atoms with E-state index in [1.54, 1.807) is 0 Å². The van der Waals surface area contributed by atoms with Crippen molar-refractivity contribution in [2.45, 2.75) is 24.9 Å². The molecule has 3 nitrogen and oxygen atoms in total. The molecule has 0 aromatic carbocycles. The first kappa shape index (κ1) is 6.00. The maximum atomic E-state index is 11.5.